The van der Waals surface area contributed by atoms with E-state index in [1.807, 2.05) is 24.3 Å². The first-order valence-electron chi connectivity index (χ1n) is 5.06. The highest BCUT2D eigenvalue weighted by molar-refractivity contribution is 9.11. The minimum atomic E-state index is -0.880. The van der Waals surface area contributed by atoms with Crippen LogP contribution in [0.1, 0.15) is 15.2 Å². The van der Waals surface area contributed by atoms with E-state index in [4.69, 9.17) is 5.11 Å². The van der Waals surface area contributed by atoms with Gasteiger partial charge in [0, 0.05) is 21.2 Å². The smallest absolute Gasteiger partial charge is 0.346 e. The summed E-state index contributed by atoms with van der Waals surface area (Å²) in [6, 6.07) is 7.63. The van der Waals surface area contributed by atoms with Gasteiger partial charge in [-0.05, 0) is 51.1 Å². The van der Waals surface area contributed by atoms with Gasteiger partial charge in [0.1, 0.15) is 4.88 Å². The number of carbonyl (C=O) groups is 1. The molecular formula is C12H9Br2NO2S. The minimum Gasteiger partial charge on any atom is -0.477 e. The van der Waals surface area contributed by atoms with Crippen LogP contribution < -0.4 is 5.32 Å². The number of rotatable bonds is 4. The number of anilines is 1. The quantitative estimate of drug-likeness (QED) is 0.802. The molecule has 0 saturated carbocycles. The van der Waals surface area contributed by atoms with Crippen molar-refractivity contribution in [1.29, 1.82) is 0 Å². The third-order valence-electron chi connectivity index (χ3n) is 2.34. The van der Waals surface area contributed by atoms with Crippen molar-refractivity contribution < 1.29 is 9.90 Å². The third kappa shape index (κ3) is 3.13. The van der Waals surface area contributed by atoms with Crippen LogP contribution in [0.3, 0.4) is 0 Å². The van der Waals surface area contributed by atoms with Crippen molar-refractivity contribution in [3.8, 4) is 0 Å². The summed E-state index contributed by atoms with van der Waals surface area (Å²) >= 11 is 8.08. The minimum absolute atomic E-state index is 0.383. The lowest BCUT2D eigenvalue weighted by Gasteiger charge is -2.08. The summed E-state index contributed by atoms with van der Waals surface area (Å²) in [5.74, 6) is -0.880. The number of thiophene rings is 1. The van der Waals surface area contributed by atoms with Gasteiger partial charge in [-0.2, -0.15) is 0 Å². The fourth-order valence-corrected chi connectivity index (χ4v) is 2.99. The molecule has 2 N–H and O–H groups in total. The highest BCUT2D eigenvalue weighted by atomic mass is 79.9. The molecule has 0 aliphatic rings. The highest BCUT2D eigenvalue weighted by Crippen LogP contribution is 2.27. The molecule has 2 rings (SSSR count). The van der Waals surface area contributed by atoms with Crippen LogP contribution in [0, 0.1) is 0 Å². The second-order valence-electron chi connectivity index (χ2n) is 3.56. The van der Waals surface area contributed by atoms with Crippen molar-refractivity contribution in [2.75, 3.05) is 5.32 Å². The molecule has 0 radical (unpaired) electrons. The summed E-state index contributed by atoms with van der Waals surface area (Å²) in [7, 11) is 0. The Morgan fingerprint density at radius 3 is 2.83 bits per heavy atom. The number of hydrogen-bond donors (Lipinski definition) is 2. The number of benzene rings is 1. The van der Waals surface area contributed by atoms with Gasteiger partial charge in [0.2, 0.25) is 0 Å². The van der Waals surface area contributed by atoms with Crippen molar-refractivity contribution in [3.05, 3.63) is 49.0 Å². The molecule has 0 saturated heterocycles. The van der Waals surface area contributed by atoms with Crippen LogP contribution in [0.5, 0.6) is 0 Å². The first kappa shape index (κ1) is 13.6. The number of hydrogen-bond acceptors (Lipinski definition) is 3. The normalized spacial score (nSPS) is 10.3. The zero-order valence-corrected chi connectivity index (χ0v) is 13.1. The maximum absolute atomic E-state index is 11.0. The number of halogens is 2. The molecule has 2 aromatic rings. The zero-order valence-electron chi connectivity index (χ0n) is 9.11. The molecule has 0 atom stereocenters. The molecule has 0 unspecified atom stereocenters. The molecule has 3 nitrogen and oxygen atoms in total. The van der Waals surface area contributed by atoms with E-state index in [1.165, 1.54) is 11.3 Å². The van der Waals surface area contributed by atoms with E-state index in [0.717, 1.165) is 20.2 Å². The largest absolute Gasteiger partial charge is 0.477 e. The van der Waals surface area contributed by atoms with Crippen LogP contribution in [-0.2, 0) is 6.54 Å². The maximum atomic E-state index is 11.0. The summed E-state index contributed by atoms with van der Waals surface area (Å²) in [5.41, 5.74) is 1.71. The standard InChI is InChI=1S/C12H9Br2NO2S/c13-8-1-2-9(14)10(5-8)15-6-7-3-4-18-11(7)12(16)17/h1-5,15H,6H2,(H,16,17). The molecule has 18 heavy (non-hydrogen) atoms. The summed E-state index contributed by atoms with van der Waals surface area (Å²) < 4.78 is 1.91. The lowest BCUT2D eigenvalue weighted by atomic mass is 10.2. The van der Waals surface area contributed by atoms with Crippen LogP contribution in [0.25, 0.3) is 0 Å². The summed E-state index contributed by atoms with van der Waals surface area (Å²) in [6.07, 6.45) is 0. The first-order valence-corrected chi connectivity index (χ1v) is 7.53. The number of carboxylic acids is 1. The van der Waals surface area contributed by atoms with Crippen molar-refractivity contribution in [3.63, 3.8) is 0 Å². The molecule has 0 amide bonds. The fourth-order valence-electron chi connectivity index (χ4n) is 1.49. The average molecular weight is 391 g/mol. The maximum Gasteiger partial charge on any atom is 0.346 e. The monoisotopic (exact) mass is 389 g/mol. The van der Waals surface area contributed by atoms with E-state index >= 15 is 0 Å². The predicted molar refractivity (Wildman–Crippen MR) is 80.4 cm³/mol. The Labute approximate surface area is 125 Å². The lowest BCUT2D eigenvalue weighted by molar-refractivity contribution is 0.0701. The zero-order chi connectivity index (χ0) is 13.1. The van der Waals surface area contributed by atoms with Gasteiger partial charge < -0.3 is 10.4 Å². The van der Waals surface area contributed by atoms with E-state index < -0.39 is 5.97 Å². The third-order valence-corrected chi connectivity index (χ3v) is 4.47. The van der Waals surface area contributed by atoms with Crippen LogP contribution in [0.2, 0.25) is 0 Å². The summed E-state index contributed by atoms with van der Waals surface area (Å²) in [5, 5.41) is 14.0. The van der Waals surface area contributed by atoms with Crippen LogP contribution >= 0.6 is 43.2 Å². The molecule has 6 heteroatoms. The number of aromatic carboxylic acids is 1. The second-order valence-corrected chi connectivity index (χ2v) is 6.24. The topological polar surface area (TPSA) is 49.3 Å². The van der Waals surface area contributed by atoms with Gasteiger partial charge in [-0.15, -0.1) is 11.3 Å². The Balaban J connectivity index is 2.14. The van der Waals surface area contributed by atoms with Gasteiger partial charge in [0.15, 0.2) is 0 Å². The average Bonchev–Trinajstić information content (AvgIpc) is 2.79. The Hall–Kier alpha value is -0.850. The van der Waals surface area contributed by atoms with Crippen molar-refractivity contribution >= 4 is 54.9 Å². The molecule has 0 aliphatic carbocycles. The van der Waals surface area contributed by atoms with Crippen LogP contribution in [-0.4, -0.2) is 11.1 Å². The molecule has 1 aromatic heterocycles. The lowest BCUT2D eigenvalue weighted by Crippen LogP contribution is -2.04. The molecule has 94 valence electrons. The SMILES string of the molecule is O=C(O)c1sccc1CNc1cc(Br)ccc1Br. The van der Waals surface area contributed by atoms with Gasteiger partial charge in [-0.3, -0.25) is 0 Å². The van der Waals surface area contributed by atoms with E-state index in [-0.39, 0.29) is 0 Å². The first-order chi connectivity index (χ1) is 8.58. The summed E-state index contributed by atoms with van der Waals surface area (Å²) in [4.78, 5) is 11.4. The number of carboxylic acid groups (broad SMARTS) is 1. The van der Waals surface area contributed by atoms with Crippen LogP contribution in [0.15, 0.2) is 38.6 Å². The van der Waals surface area contributed by atoms with E-state index in [1.54, 1.807) is 5.38 Å². The van der Waals surface area contributed by atoms with Gasteiger partial charge >= 0.3 is 5.97 Å². The highest BCUT2D eigenvalue weighted by Gasteiger charge is 2.11. The van der Waals surface area contributed by atoms with Gasteiger partial charge in [0.05, 0.1) is 0 Å². The summed E-state index contributed by atoms with van der Waals surface area (Å²) in [6.45, 7) is 0.486. The Morgan fingerprint density at radius 1 is 1.33 bits per heavy atom. The second kappa shape index (κ2) is 5.86. The molecule has 0 fully saturated rings. The number of nitrogens with one attached hydrogen (secondary N) is 1. The Morgan fingerprint density at radius 2 is 2.11 bits per heavy atom. The van der Waals surface area contributed by atoms with Gasteiger partial charge in [0.25, 0.3) is 0 Å². The predicted octanol–water partition coefficient (Wildman–Crippen LogP) is 4.58. The van der Waals surface area contributed by atoms with E-state index in [9.17, 15) is 4.79 Å². The molecular weight excluding hydrogens is 382 g/mol. The molecule has 1 heterocycles. The van der Waals surface area contributed by atoms with E-state index in [0.29, 0.717) is 11.4 Å². The molecule has 0 aliphatic heterocycles. The Kier molecular flexibility index (Phi) is 4.42. The Bertz CT molecular complexity index is 583. The van der Waals surface area contributed by atoms with Crippen molar-refractivity contribution in [1.82, 2.24) is 0 Å². The van der Waals surface area contributed by atoms with Crippen molar-refractivity contribution in [2.45, 2.75) is 6.54 Å². The van der Waals surface area contributed by atoms with E-state index in [2.05, 4.69) is 37.2 Å². The molecule has 0 bridgehead atoms. The molecule has 0 spiro atoms. The van der Waals surface area contributed by atoms with Crippen LogP contribution in [0.4, 0.5) is 5.69 Å². The fraction of sp³-hybridized carbons (Fsp3) is 0.0833. The molecule has 1 aromatic carbocycles. The van der Waals surface area contributed by atoms with Gasteiger partial charge in [-0.1, -0.05) is 15.9 Å². The van der Waals surface area contributed by atoms with Gasteiger partial charge in [-0.25, -0.2) is 4.79 Å². The van der Waals surface area contributed by atoms with Crippen molar-refractivity contribution in [2.24, 2.45) is 0 Å².